The summed E-state index contributed by atoms with van der Waals surface area (Å²) in [5.74, 6) is -2.59. The summed E-state index contributed by atoms with van der Waals surface area (Å²) < 4.78 is 9.99. The molecule has 0 aliphatic carbocycles. The van der Waals surface area contributed by atoms with E-state index in [2.05, 4.69) is 0 Å². The molecule has 0 spiro atoms. The lowest BCUT2D eigenvalue weighted by molar-refractivity contribution is -0.143. The summed E-state index contributed by atoms with van der Waals surface area (Å²) >= 11 is 0. The van der Waals surface area contributed by atoms with Crippen LogP contribution in [0.3, 0.4) is 0 Å². The van der Waals surface area contributed by atoms with E-state index < -0.39 is 32.5 Å². The average Bonchev–Trinajstić information content (AvgIpc) is 1.81. The minimum Gasteiger partial charge on any atom is -0.481 e. The lowest BCUT2D eigenvalue weighted by Crippen LogP contribution is -2.17. The SMILES string of the molecule is O=[PH+]C(CC(=O)O)C(=O)O. The van der Waals surface area contributed by atoms with Crippen molar-refractivity contribution in [3.63, 3.8) is 0 Å². The zero-order valence-electron chi connectivity index (χ0n) is 4.90. The second-order valence-electron chi connectivity index (χ2n) is 1.61. The quantitative estimate of drug-likeness (QED) is 0.569. The Balaban J connectivity index is 3.96. The highest BCUT2D eigenvalue weighted by Gasteiger charge is 2.27. The van der Waals surface area contributed by atoms with Crippen molar-refractivity contribution in [1.29, 1.82) is 0 Å². The van der Waals surface area contributed by atoms with Crippen LogP contribution in [0.1, 0.15) is 6.42 Å². The highest BCUT2D eigenvalue weighted by molar-refractivity contribution is 7.26. The molecule has 0 aromatic rings. The third kappa shape index (κ3) is 3.14. The van der Waals surface area contributed by atoms with Crippen LogP contribution in [0, 0.1) is 0 Å². The van der Waals surface area contributed by atoms with Gasteiger partial charge in [-0.25, -0.2) is 4.79 Å². The zero-order valence-corrected chi connectivity index (χ0v) is 5.90. The molecule has 56 valence electrons. The van der Waals surface area contributed by atoms with E-state index in [0.29, 0.717) is 0 Å². The van der Waals surface area contributed by atoms with Crippen LogP contribution in [0.2, 0.25) is 0 Å². The van der Waals surface area contributed by atoms with Crippen molar-refractivity contribution < 1.29 is 24.4 Å². The van der Waals surface area contributed by atoms with Crippen LogP contribution in [0.15, 0.2) is 0 Å². The maximum atomic E-state index is 10.0. The number of carboxylic acid groups (broad SMARTS) is 2. The van der Waals surface area contributed by atoms with Crippen molar-refractivity contribution in [2.75, 3.05) is 0 Å². The van der Waals surface area contributed by atoms with E-state index >= 15 is 0 Å². The monoisotopic (exact) mass is 165 g/mol. The van der Waals surface area contributed by atoms with E-state index in [9.17, 15) is 14.2 Å². The Kier molecular flexibility index (Phi) is 3.57. The van der Waals surface area contributed by atoms with Crippen LogP contribution in [0.4, 0.5) is 0 Å². The molecule has 2 atom stereocenters. The van der Waals surface area contributed by atoms with Crippen LogP contribution in [0.25, 0.3) is 0 Å². The van der Waals surface area contributed by atoms with Gasteiger partial charge in [-0.2, -0.15) is 0 Å². The molecule has 0 bridgehead atoms. The number of hydrogen-bond donors (Lipinski definition) is 2. The van der Waals surface area contributed by atoms with Crippen LogP contribution >= 0.6 is 8.46 Å². The summed E-state index contributed by atoms with van der Waals surface area (Å²) in [6.07, 6.45) is -0.586. The van der Waals surface area contributed by atoms with Gasteiger partial charge in [0.25, 0.3) is 5.66 Å². The molecule has 0 radical (unpaired) electrons. The van der Waals surface area contributed by atoms with Gasteiger partial charge >= 0.3 is 20.4 Å². The third-order valence-electron chi connectivity index (χ3n) is 0.819. The van der Waals surface area contributed by atoms with Gasteiger partial charge in [-0.1, -0.05) is 4.57 Å². The van der Waals surface area contributed by atoms with E-state index in [1.165, 1.54) is 0 Å². The first kappa shape index (κ1) is 9.04. The minimum atomic E-state index is -1.34. The lowest BCUT2D eigenvalue weighted by atomic mass is 10.3. The van der Waals surface area contributed by atoms with Crippen molar-refractivity contribution >= 4 is 20.4 Å². The molecule has 2 unspecified atom stereocenters. The highest BCUT2D eigenvalue weighted by atomic mass is 31.1. The first-order chi connectivity index (χ1) is 4.57. The molecule has 5 nitrogen and oxygen atoms in total. The largest absolute Gasteiger partial charge is 0.481 e. The molecule has 0 aliphatic heterocycles. The van der Waals surface area contributed by atoms with Crippen molar-refractivity contribution in [2.45, 2.75) is 12.1 Å². The normalized spacial score (nSPS) is 12.8. The van der Waals surface area contributed by atoms with Gasteiger partial charge in [-0.15, -0.1) is 0 Å². The third-order valence-corrected chi connectivity index (χ3v) is 1.55. The summed E-state index contributed by atoms with van der Waals surface area (Å²) in [4.78, 5) is 19.9. The van der Waals surface area contributed by atoms with Gasteiger partial charge in [0.05, 0.1) is 0 Å². The van der Waals surface area contributed by atoms with Crippen molar-refractivity contribution in [1.82, 2.24) is 0 Å². The van der Waals surface area contributed by atoms with Crippen LogP contribution < -0.4 is 0 Å². The zero-order chi connectivity index (χ0) is 8.15. The standard InChI is InChI=1S/C4H5O5P/c5-3(6)1-2(10-9)4(7)8/h2H,1H2,(H,5,6)(H,7,8)/p+1. The molecular formula is C4H6O5P+. The van der Waals surface area contributed by atoms with Gasteiger partial charge in [-0.3, -0.25) is 4.79 Å². The topological polar surface area (TPSA) is 91.7 Å². The van der Waals surface area contributed by atoms with E-state index in [1.54, 1.807) is 0 Å². The van der Waals surface area contributed by atoms with Crippen LogP contribution in [-0.4, -0.2) is 27.8 Å². The molecule has 0 aromatic carbocycles. The first-order valence-corrected chi connectivity index (χ1v) is 3.38. The van der Waals surface area contributed by atoms with Gasteiger partial charge in [-0.05, 0) is 0 Å². The van der Waals surface area contributed by atoms with Crippen LogP contribution in [-0.2, 0) is 14.2 Å². The molecule has 0 fully saturated rings. The Hall–Kier alpha value is -0.960. The number of carboxylic acids is 2. The Labute approximate surface area is 57.9 Å². The van der Waals surface area contributed by atoms with E-state index in [0.717, 1.165) is 0 Å². The number of carbonyl (C=O) groups is 2. The fourth-order valence-electron chi connectivity index (χ4n) is 0.354. The fourth-order valence-corrected chi connectivity index (χ4v) is 0.713. The molecule has 10 heavy (non-hydrogen) atoms. The Morgan fingerprint density at radius 1 is 1.40 bits per heavy atom. The molecule has 0 heterocycles. The maximum absolute atomic E-state index is 10.0. The smallest absolute Gasteiger partial charge is 0.356 e. The molecule has 0 saturated carbocycles. The van der Waals surface area contributed by atoms with Crippen LogP contribution in [0.5, 0.6) is 0 Å². The predicted molar refractivity (Wildman–Crippen MR) is 32.7 cm³/mol. The molecular weight excluding hydrogens is 159 g/mol. The van der Waals surface area contributed by atoms with Gasteiger partial charge in [0.2, 0.25) is 0 Å². The molecule has 0 amide bonds. The summed E-state index contributed by atoms with van der Waals surface area (Å²) in [7, 11) is -1.11. The Morgan fingerprint density at radius 3 is 2.00 bits per heavy atom. The van der Waals surface area contributed by atoms with E-state index in [1.807, 2.05) is 0 Å². The second kappa shape index (κ2) is 3.95. The maximum Gasteiger partial charge on any atom is 0.356 e. The number of aliphatic carboxylic acids is 2. The van der Waals surface area contributed by atoms with E-state index in [4.69, 9.17) is 10.2 Å². The summed E-state index contributed by atoms with van der Waals surface area (Å²) in [6, 6.07) is 0. The highest BCUT2D eigenvalue weighted by Crippen LogP contribution is 2.10. The summed E-state index contributed by atoms with van der Waals surface area (Å²) in [5.41, 5.74) is -1.27. The Morgan fingerprint density at radius 2 is 1.90 bits per heavy atom. The summed E-state index contributed by atoms with van der Waals surface area (Å²) in [6.45, 7) is 0. The first-order valence-electron chi connectivity index (χ1n) is 2.40. The molecule has 2 N–H and O–H groups in total. The van der Waals surface area contributed by atoms with Gasteiger partial charge in [0, 0.05) is 0 Å². The molecule has 0 aliphatic rings. The predicted octanol–water partition coefficient (Wildman–Crippen LogP) is -0.0617. The van der Waals surface area contributed by atoms with E-state index in [-0.39, 0.29) is 0 Å². The second-order valence-corrected chi connectivity index (χ2v) is 2.54. The summed E-state index contributed by atoms with van der Waals surface area (Å²) in [5, 5.41) is 16.2. The lowest BCUT2D eigenvalue weighted by Gasteiger charge is -1.90. The number of hydrogen-bond acceptors (Lipinski definition) is 3. The molecule has 0 rings (SSSR count). The Bertz CT molecular complexity index is 165. The molecule has 0 saturated heterocycles. The van der Waals surface area contributed by atoms with Gasteiger partial charge in [0.15, 0.2) is 0 Å². The van der Waals surface area contributed by atoms with Gasteiger partial charge in [0.1, 0.15) is 6.42 Å². The van der Waals surface area contributed by atoms with Crippen molar-refractivity contribution in [3.8, 4) is 0 Å². The van der Waals surface area contributed by atoms with Crippen molar-refractivity contribution in [3.05, 3.63) is 0 Å². The average molecular weight is 165 g/mol. The number of rotatable bonds is 4. The van der Waals surface area contributed by atoms with Gasteiger partial charge < -0.3 is 10.2 Å². The minimum absolute atomic E-state index is 0.586. The fraction of sp³-hybridized carbons (Fsp3) is 0.500. The molecule has 0 aromatic heterocycles. The van der Waals surface area contributed by atoms with Crippen molar-refractivity contribution in [2.24, 2.45) is 0 Å². The molecule has 6 heteroatoms.